The number of pyridine rings is 1. The fraction of sp³-hybridized carbons (Fsp3) is 0.538. The molecule has 1 aromatic rings. The average molecular weight is 248 g/mol. The molecule has 0 aliphatic carbocycles. The van der Waals surface area contributed by atoms with Gasteiger partial charge in [0.25, 0.3) is 0 Å². The minimum atomic E-state index is -0.432. The van der Waals surface area contributed by atoms with Crippen LogP contribution in [0.25, 0.3) is 0 Å². The maximum absolute atomic E-state index is 11.5. The highest BCUT2D eigenvalue weighted by Gasteiger charge is 2.22. The van der Waals surface area contributed by atoms with E-state index in [0.29, 0.717) is 0 Å². The summed E-state index contributed by atoms with van der Waals surface area (Å²) in [4.78, 5) is 18.1. The first-order chi connectivity index (χ1) is 8.66. The van der Waals surface area contributed by atoms with Gasteiger partial charge in [0.2, 0.25) is 5.91 Å². The van der Waals surface area contributed by atoms with Crippen LogP contribution in [0.15, 0.2) is 24.4 Å². The van der Waals surface area contributed by atoms with Gasteiger partial charge in [-0.05, 0) is 31.9 Å². The van der Waals surface area contributed by atoms with E-state index in [1.165, 1.54) is 0 Å². The van der Waals surface area contributed by atoms with Crippen molar-refractivity contribution in [3.63, 3.8) is 0 Å². The minimum Gasteiger partial charge on any atom is -0.356 e. The number of nitrogens with zero attached hydrogens (tertiary/aromatic N) is 2. The number of hydrogen-bond acceptors (Lipinski definition) is 4. The van der Waals surface area contributed by atoms with Gasteiger partial charge in [-0.3, -0.25) is 4.79 Å². The van der Waals surface area contributed by atoms with Crippen LogP contribution in [0, 0.1) is 0 Å². The number of nitrogens with two attached hydrogens (primary N) is 1. The molecular weight excluding hydrogens is 228 g/mol. The second kappa shape index (κ2) is 5.82. The van der Waals surface area contributed by atoms with Gasteiger partial charge in [0.15, 0.2) is 0 Å². The van der Waals surface area contributed by atoms with Crippen molar-refractivity contribution in [1.82, 2.24) is 10.3 Å². The maximum atomic E-state index is 11.5. The molecule has 1 fully saturated rings. The molecule has 5 heteroatoms. The normalized spacial score (nSPS) is 18.4. The molecule has 3 N–H and O–H groups in total. The lowest BCUT2D eigenvalue weighted by Gasteiger charge is -2.33. The predicted octanol–water partition coefficient (Wildman–Crippen LogP) is 0.514. The number of rotatable bonds is 3. The van der Waals surface area contributed by atoms with Crippen LogP contribution in [0.5, 0.6) is 0 Å². The Labute approximate surface area is 107 Å². The quantitative estimate of drug-likeness (QED) is 0.818. The molecule has 1 aliphatic rings. The smallest absolute Gasteiger partial charge is 0.236 e. The fourth-order valence-corrected chi connectivity index (χ4v) is 2.13. The van der Waals surface area contributed by atoms with E-state index in [9.17, 15) is 4.79 Å². The Morgan fingerprint density at radius 3 is 2.78 bits per heavy atom. The van der Waals surface area contributed by atoms with Crippen molar-refractivity contribution in [2.45, 2.75) is 31.8 Å². The Kier molecular flexibility index (Phi) is 4.15. The van der Waals surface area contributed by atoms with Gasteiger partial charge in [0, 0.05) is 25.3 Å². The predicted molar refractivity (Wildman–Crippen MR) is 71.3 cm³/mol. The molecule has 0 radical (unpaired) electrons. The molecule has 1 atom stereocenters. The van der Waals surface area contributed by atoms with E-state index in [1.807, 2.05) is 18.2 Å². The molecule has 0 aromatic carbocycles. The summed E-state index contributed by atoms with van der Waals surface area (Å²) in [5.74, 6) is 0.945. The summed E-state index contributed by atoms with van der Waals surface area (Å²) in [6.07, 6.45) is 3.68. The minimum absolute atomic E-state index is 0.0636. The number of aromatic nitrogens is 1. The first kappa shape index (κ1) is 12.8. The molecule has 98 valence electrons. The van der Waals surface area contributed by atoms with Crippen molar-refractivity contribution < 1.29 is 4.79 Å². The highest BCUT2D eigenvalue weighted by atomic mass is 16.2. The summed E-state index contributed by atoms with van der Waals surface area (Å²) < 4.78 is 0. The lowest BCUT2D eigenvalue weighted by molar-refractivity contribution is -0.122. The first-order valence-corrected chi connectivity index (χ1v) is 6.39. The van der Waals surface area contributed by atoms with Gasteiger partial charge in [-0.25, -0.2) is 4.98 Å². The summed E-state index contributed by atoms with van der Waals surface area (Å²) in [6, 6.07) is 5.73. The van der Waals surface area contributed by atoms with Gasteiger partial charge in [-0.15, -0.1) is 0 Å². The van der Waals surface area contributed by atoms with Crippen molar-refractivity contribution in [1.29, 1.82) is 0 Å². The zero-order valence-electron chi connectivity index (χ0n) is 10.7. The number of carbonyl (C=O) groups is 1. The van der Waals surface area contributed by atoms with Gasteiger partial charge >= 0.3 is 0 Å². The summed E-state index contributed by atoms with van der Waals surface area (Å²) in [6.45, 7) is 3.54. The second-order valence-electron chi connectivity index (χ2n) is 4.75. The Morgan fingerprint density at radius 2 is 2.22 bits per heavy atom. The molecule has 1 aromatic heterocycles. The van der Waals surface area contributed by atoms with Gasteiger partial charge in [0.1, 0.15) is 5.82 Å². The Bertz CT molecular complexity index is 385. The largest absolute Gasteiger partial charge is 0.356 e. The van der Waals surface area contributed by atoms with Crippen LogP contribution in [0.2, 0.25) is 0 Å². The summed E-state index contributed by atoms with van der Waals surface area (Å²) in [5.41, 5.74) is 5.54. The summed E-state index contributed by atoms with van der Waals surface area (Å²) in [5, 5.41) is 2.98. The zero-order chi connectivity index (χ0) is 13.0. The molecule has 1 aliphatic heterocycles. The number of amides is 1. The SMILES string of the molecule is CC(N)C(=O)NC1CCN(c2ccccn2)CC1. The lowest BCUT2D eigenvalue weighted by atomic mass is 10.0. The number of hydrogen-bond donors (Lipinski definition) is 2. The first-order valence-electron chi connectivity index (χ1n) is 6.39. The van der Waals surface area contributed by atoms with Crippen LogP contribution < -0.4 is 16.0 Å². The molecule has 1 saturated heterocycles. The van der Waals surface area contributed by atoms with Crippen LogP contribution in [0.4, 0.5) is 5.82 Å². The molecular formula is C13H20N4O. The monoisotopic (exact) mass is 248 g/mol. The van der Waals surface area contributed by atoms with E-state index in [0.717, 1.165) is 31.7 Å². The molecule has 18 heavy (non-hydrogen) atoms. The third kappa shape index (κ3) is 3.20. The molecule has 0 bridgehead atoms. The van der Waals surface area contributed by atoms with Crippen molar-refractivity contribution in [3.8, 4) is 0 Å². The molecule has 1 unspecified atom stereocenters. The van der Waals surface area contributed by atoms with Gasteiger partial charge in [0.05, 0.1) is 6.04 Å². The molecule has 0 saturated carbocycles. The topological polar surface area (TPSA) is 71.2 Å². The average Bonchev–Trinajstić information content (AvgIpc) is 2.40. The van der Waals surface area contributed by atoms with Crippen LogP contribution in [-0.4, -0.2) is 36.1 Å². The number of nitrogens with one attached hydrogen (secondary N) is 1. The number of piperidine rings is 1. The third-order valence-electron chi connectivity index (χ3n) is 3.23. The third-order valence-corrected chi connectivity index (χ3v) is 3.23. The van der Waals surface area contributed by atoms with Crippen LogP contribution >= 0.6 is 0 Å². The molecule has 2 rings (SSSR count). The van der Waals surface area contributed by atoms with E-state index in [2.05, 4.69) is 15.2 Å². The Hall–Kier alpha value is -1.62. The standard InChI is InChI=1S/C13H20N4O/c1-10(14)13(18)16-11-5-8-17(9-6-11)12-4-2-3-7-15-12/h2-4,7,10-11H,5-6,8-9,14H2,1H3,(H,16,18). The van der Waals surface area contributed by atoms with Gasteiger partial charge in [-0.2, -0.15) is 0 Å². The van der Waals surface area contributed by atoms with Gasteiger partial charge < -0.3 is 16.0 Å². The van der Waals surface area contributed by atoms with Crippen molar-refractivity contribution in [2.75, 3.05) is 18.0 Å². The number of anilines is 1. The van der Waals surface area contributed by atoms with E-state index in [-0.39, 0.29) is 11.9 Å². The van der Waals surface area contributed by atoms with E-state index >= 15 is 0 Å². The Balaban J connectivity index is 1.83. The van der Waals surface area contributed by atoms with E-state index in [4.69, 9.17) is 5.73 Å². The highest BCUT2D eigenvalue weighted by molar-refractivity contribution is 5.81. The molecule has 1 amide bonds. The van der Waals surface area contributed by atoms with Crippen molar-refractivity contribution >= 4 is 11.7 Å². The van der Waals surface area contributed by atoms with Crippen molar-refractivity contribution in [3.05, 3.63) is 24.4 Å². The fourth-order valence-electron chi connectivity index (χ4n) is 2.13. The van der Waals surface area contributed by atoms with E-state index in [1.54, 1.807) is 13.1 Å². The maximum Gasteiger partial charge on any atom is 0.236 e. The summed E-state index contributed by atoms with van der Waals surface area (Å²) in [7, 11) is 0. The van der Waals surface area contributed by atoms with Crippen LogP contribution in [0.1, 0.15) is 19.8 Å². The highest BCUT2D eigenvalue weighted by Crippen LogP contribution is 2.17. The Morgan fingerprint density at radius 1 is 1.50 bits per heavy atom. The zero-order valence-corrected chi connectivity index (χ0v) is 10.7. The molecule has 5 nitrogen and oxygen atoms in total. The molecule has 2 heterocycles. The van der Waals surface area contributed by atoms with Crippen LogP contribution in [0.3, 0.4) is 0 Å². The lowest BCUT2D eigenvalue weighted by Crippen LogP contribution is -2.49. The van der Waals surface area contributed by atoms with Crippen LogP contribution in [-0.2, 0) is 4.79 Å². The molecule has 0 spiro atoms. The van der Waals surface area contributed by atoms with E-state index < -0.39 is 6.04 Å². The summed E-state index contributed by atoms with van der Waals surface area (Å²) >= 11 is 0. The van der Waals surface area contributed by atoms with Gasteiger partial charge in [-0.1, -0.05) is 6.07 Å². The number of carbonyl (C=O) groups excluding carboxylic acids is 1. The second-order valence-corrected chi connectivity index (χ2v) is 4.75. The van der Waals surface area contributed by atoms with Crippen molar-refractivity contribution in [2.24, 2.45) is 5.73 Å².